The molecule has 2 aromatic rings. The van der Waals surface area contributed by atoms with Gasteiger partial charge in [0.2, 0.25) is 0 Å². The van der Waals surface area contributed by atoms with E-state index in [1.807, 2.05) is 19.1 Å². The highest BCUT2D eigenvalue weighted by Gasteiger charge is 2.40. The van der Waals surface area contributed by atoms with Crippen LogP contribution in [0.5, 0.6) is 0 Å². The van der Waals surface area contributed by atoms with Crippen LogP contribution >= 0.6 is 11.6 Å². The van der Waals surface area contributed by atoms with Crippen LogP contribution in [0.4, 0.5) is 11.5 Å². The quantitative estimate of drug-likeness (QED) is 0.870. The van der Waals surface area contributed by atoms with Crippen molar-refractivity contribution >= 4 is 29.0 Å². The van der Waals surface area contributed by atoms with Gasteiger partial charge in [0.15, 0.2) is 17.3 Å². The second kappa shape index (κ2) is 7.42. The van der Waals surface area contributed by atoms with E-state index in [1.165, 1.54) is 0 Å². The molecule has 1 N–H and O–H groups in total. The van der Waals surface area contributed by atoms with Crippen molar-refractivity contribution in [3.05, 3.63) is 46.6 Å². The summed E-state index contributed by atoms with van der Waals surface area (Å²) in [5.74, 6) is 0.0103. The molecule has 3 heterocycles. The molecule has 0 atom stereocenters. The molecule has 1 spiro atoms. The second-order valence-corrected chi connectivity index (χ2v) is 7.20. The van der Waals surface area contributed by atoms with E-state index in [-0.39, 0.29) is 11.6 Å². The number of amides is 1. The molecule has 2 fully saturated rings. The maximum Gasteiger partial charge on any atom is 0.276 e. The van der Waals surface area contributed by atoms with Gasteiger partial charge in [-0.05, 0) is 36.8 Å². The Hall–Kier alpha value is -2.22. The number of rotatable bonds is 3. The van der Waals surface area contributed by atoms with Crippen LogP contribution in [0.15, 0.2) is 30.3 Å². The highest BCUT2D eigenvalue weighted by molar-refractivity contribution is 6.31. The van der Waals surface area contributed by atoms with Crippen molar-refractivity contribution in [1.82, 2.24) is 10.2 Å². The van der Waals surface area contributed by atoms with Crippen molar-refractivity contribution < 1.29 is 14.3 Å². The summed E-state index contributed by atoms with van der Waals surface area (Å²) in [5, 5.41) is 11.7. The van der Waals surface area contributed by atoms with E-state index in [4.69, 9.17) is 21.1 Å². The molecule has 0 unspecified atom stereocenters. The van der Waals surface area contributed by atoms with Crippen LogP contribution in [-0.4, -0.2) is 48.2 Å². The lowest BCUT2D eigenvalue weighted by atomic mass is 10.0. The lowest BCUT2D eigenvalue weighted by Crippen LogP contribution is -2.45. The minimum Gasteiger partial charge on any atom is -0.355 e. The predicted molar refractivity (Wildman–Crippen MR) is 102 cm³/mol. The lowest BCUT2D eigenvalue weighted by molar-refractivity contribution is -0.169. The van der Waals surface area contributed by atoms with Crippen LogP contribution < -0.4 is 10.2 Å². The fourth-order valence-corrected chi connectivity index (χ4v) is 3.52. The van der Waals surface area contributed by atoms with E-state index in [0.29, 0.717) is 23.9 Å². The SMILES string of the molecule is Cc1ccc(NC(=O)c2ccc(N3CCC4(CC3)OCCO4)nn2)cc1Cl. The van der Waals surface area contributed by atoms with Crippen LogP contribution in [0.3, 0.4) is 0 Å². The van der Waals surface area contributed by atoms with E-state index >= 15 is 0 Å². The molecule has 0 radical (unpaired) electrons. The van der Waals surface area contributed by atoms with Gasteiger partial charge in [-0.25, -0.2) is 0 Å². The van der Waals surface area contributed by atoms with E-state index < -0.39 is 5.79 Å². The Morgan fingerprint density at radius 2 is 1.89 bits per heavy atom. The Kier molecular flexibility index (Phi) is 4.99. The van der Waals surface area contributed by atoms with Gasteiger partial charge in [-0.15, -0.1) is 10.2 Å². The van der Waals surface area contributed by atoms with Crippen LogP contribution in [-0.2, 0) is 9.47 Å². The van der Waals surface area contributed by atoms with E-state index in [2.05, 4.69) is 20.4 Å². The number of benzene rings is 1. The van der Waals surface area contributed by atoms with Crippen LogP contribution in [0, 0.1) is 6.92 Å². The molecule has 27 heavy (non-hydrogen) atoms. The Bertz CT molecular complexity index is 827. The zero-order chi connectivity index (χ0) is 18.9. The molecule has 1 aromatic carbocycles. The number of halogens is 1. The number of nitrogens with zero attached hydrogens (tertiary/aromatic N) is 3. The van der Waals surface area contributed by atoms with Crippen molar-refractivity contribution in [3.8, 4) is 0 Å². The number of aromatic nitrogens is 2. The topological polar surface area (TPSA) is 76.6 Å². The monoisotopic (exact) mass is 388 g/mol. The average Bonchev–Trinajstić information content (AvgIpc) is 3.13. The first-order valence-electron chi connectivity index (χ1n) is 8.99. The van der Waals surface area contributed by atoms with E-state index in [0.717, 1.165) is 37.3 Å². The van der Waals surface area contributed by atoms with Gasteiger partial charge in [0.1, 0.15) is 0 Å². The van der Waals surface area contributed by atoms with E-state index in [1.54, 1.807) is 18.2 Å². The Morgan fingerprint density at radius 3 is 2.52 bits per heavy atom. The van der Waals surface area contributed by atoms with Crippen molar-refractivity contribution in [3.63, 3.8) is 0 Å². The van der Waals surface area contributed by atoms with Crippen molar-refractivity contribution in [2.24, 2.45) is 0 Å². The predicted octanol–water partition coefficient (Wildman–Crippen LogP) is 3.03. The molecule has 8 heteroatoms. The zero-order valence-electron chi connectivity index (χ0n) is 15.1. The van der Waals surface area contributed by atoms with Gasteiger partial charge in [0, 0.05) is 36.6 Å². The molecule has 2 saturated heterocycles. The second-order valence-electron chi connectivity index (χ2n) is 6.79. The summed E-state index contributed by atoms with van der Waals surface area (Å²) in [6.45, 7) is 4.79. The Balaban J connectivity index is 1.38. The van der Waals surface area contributed by atoms with Crippen LogP contribution in [0.1, 0.15) is 28.9 Å². The van der Waals surface area contributed by atoms with Crippen molar-refractivity contribution in [2.75, 3.05) is 36.5 Å². The molecule has 0 aliphatic carbocycles. The van der Waals surface area contributed by atoms with Crippen LogP contribution in [0.25, 0.3) is 0 Å². The zero-order valence-corrected chi connectivity index (χ0v) is 15.8. The van der Waals surface area contributed by atoms with Gasteiger partial charge >= 0.3 is 0 Å². The molecule has 0 bridgehead atoms. The number of piperidine rings is 1. The molecule has 142 valence electrons. The third-order valence-corrected chi connectivity index (χ3v) is 5.38. The van der Waals surface area contributed by atoms with Gasteiger partial charge in [-0.2, -0.15) is 0 Å². The number of nitrogens with one attached hydrogen (secondary N) is 1. The fraction of sp³-hybridized carbons (Fsp3) is 0.421. The normalized spacial score (nSPS) is 18.7. The molecular weight excluding hydrogens is 368 g/mol. The fourth-order valence-electron chi connectivity index (χ4n) is 3.34. The number of hydrogen-bond acceptors (Lipinski definition) is 6. The first kappa shape index (κ1) is 18.2. The summed E-state index contributed by atoms with van der Waals surface area (Å²) in [6, 6.07) is 8.87. The minimum atomic E-state index is -0.418. The maximum absolute atomic E-state index is 12.4. The van der Waals surface area contributed by atoms with Crippen LogP contribution in [0.2, 0.25) is 5.02 Å². The third kappa shape index (κ3) is 3.90. The lowest BCUT2D eigenvalue weighted by Gasteiger charge is -2.37. The van der Waals surface area contributed by atoms with Gasteiger partial charge in [0.25, 0.3) is 5.91 Å². The summed E-state index contributed by atoms with van der Waals surface area (Å²) >= 11 is 6.09. The number of hydrogen-bond donors (Lipinski definition) is 1. The maximum atomic E-state index is 12.4. The Labute approximate surface area is 162 Å². The molecule has 1 amide bonds. The van der Waals surface area contributed by atoms with Crippen molar-refractivity contribution in [2.45, 2.75) is 25.6 Å². The number of anilines is 2. The van der Waals surface area contributed by atoms with Crippen molar-refractivity contribution in [1.29, 1.82) is 0 Å². The number of carbonyl (C=O) groups excluding carboxylic acids is 1. The summed E-state index contributed by atoms with van der Waals surface area (Å²) in [6.07, 6.45) is 1.59. The molecular formula is C19H21ClN4O3. The molecule has 1 aromatic heterocycles. The highest BCUT2D eigenvalue weighted by atomic mass is 35.5. The number of ether oxygens (including phenoxy) is 2. The smallest absolute Gasteiger partial charge is 0.276 e. The third-order valence-electron chi connectivity index (χ3n) is 4.98. The molecule has 2 aliphatic heterocycles. The van der Waals surface area contributed by atoms with Gasteiger partial charge in [0.05, 0.1) is 13.2 Å². The first-order chi connectivity index (χ1) is 13.0. The van der Waals surface area contributed by atoms with E-state index in [9.17, 15) is 4.79 Å². The average molecular weight is 389 g/mol. The van der Waals surface area contributed by atoms with Gasteiger partial charge in [-0.1, -0.05) is 17.7 Å². The Morgan fingerprint density at radius 1 is 1.15 bits per heavy atom. The largest absolute Gasteiger partial charge is 0.355 e. The van der Waals surface area contributed by atoms with Gasteiger partial charge in [-0.3, -0.25) is 4.79 Å². The summed E-state index contributed by atoms with van der Waals surface area (Å²) < 4.78 is 11.5. The summed E-state index contributed by atoms with van der Waals surface area (Å²) in [5.41, 5.74) is 1.83. The molecule has 2 aliphatic rings. The minimum absolute atomic E-state index is 0.256. The number of carbonyl (C=O) groups is 1. The molecule has 7 nitrogen and oxygen atoms in total. The molecule has 4 rings (SSSR count). The van der Waals surface area contributed by atoms with Gasteiger partial charge < -0.3 is 19.7 Å². The summed E-state index contributed by atoms with van der Waals surface area (Å²) in [7, 11) is 0. The number of aryl methyl sites for hydroxylation is 1. The first-order valence-corrected chi connectivity index (χ1v) is 9.37. The molecule has 0 saturated carbocycles. The standard InChI is InChI=1S/C19H21ClN4O3/c1-13-2-3-14(12-15(13)20)21-18(25)16-4-5-17(23-22-16)24-8-6-19(7-9-24)26-10-11-27-19/h2-5,12H,6-11H2,1H3,(H,21,25). The highest BCUT2D eigenvalue weighted by Crippen LogP contribution is 2.32. The summed E-state index contributed by atoms with van der Waals surface area (Å²) in [4.78, 5) is 14.5.